The van der Waals surface area contributed by atoms with Crippen LogP contribution in [0.15, 0.2) is 41.3 Å². The summed E-state index contributed by atoms with van der Waals surface area (Å²) in [6, 6.07) is 9.18. The number of anilines is 2. The van der Waals surface area contributed by atoms with Gasteiger partial charge in [0, 0.05) is 18.1 Å². The van der Waals surface area contributed by atoms with Gasteiger partial charge in [-0.25, -0.2) is 10.1 Å². The highest BCUT2D eigenvalue weighted by atomic mass is 16.1. The molecule has 0 fully saturated rings. The number of aromatic nitrogens is 4. The number of H-pyrrole nitrogens is 1. The Morgan fingerprint density at radius 1 is 1.14 bits per heavy atom. The molecule has 0 bridgehead atoms. The van der Waals surface area contributed by atoms with E-state index >= 15 is 0 Å². The zero-order chi connectivity index (χ0) is 15.4. The van der Waals surface area contributed by atoms with Gasteiger partial charge in [-0.3, -0.25) is 4.79 Å². The van der Waals surface area contributed by atoms with Crippen LogP contribution in [-0.2, 0) is 6.54 Å². The third-order valence-corrected chi connectivity index (χ3v) is 3.20. The second-order valence-corrected chi connectivity index (χ2v) is 4.69. The molecule has 0 atom stereocenters. The van der Waals surface area contributed by atoms with Gasteiger partial charge in [-0.05, 0) is 19.1 Å². The molecule has 3 N–H and O–H groups in total. The summed E-state index contributed by atoms with van der Waals surface area (Å²) in [6.45, 7) is 3.22. The normalized spacial score (nSPS) is 10.6. The fourth-order valence-electron chi connectivity index (χ4n) is 2.19. The first-order valence-electron chi connectivity index (χ1n) is 7.05. The van der Waals surface area contributed by atoms with Crippen molar-refractivity contribution < 1.29 is 0 Å². The minimum atomic E-state index is -0.190. The van der Waals surface area contributed by atoms with E-state index in [1.54, 1.807) is 12.3 Å². The van der Waals surface area contributed by atoms with Gasteiger partial charge in [0.2, 0.25) is 5.95 Å². The molecule has 0 aliphatic heterocycles. The van der Waals surface area contributed by atoms with E-state index < -0.39 is 0 Å². The fraction of sp³-hybridized carbons (Fsp3) is 0.200. The van der Waals surface area contributed by atoms with Crippen molar-refractivity contribution in [1.82, 2.24) is 20.2 Å². The van der Waals surface area contributed by atoms with E-state index in [1.165, 1.54) is 0 Å². The van der Waals surface area contributed by atoms with Crippen molar-refractivity contribution in [2.75, 3.05) is 17.2 Å². The van der Waals surface area contributed by atoms with Crippen molar-refractivity contribution in [3.8, 4) is 0 Å². The van der Waals surface area contributed by atoms with Crippen molar-refractivity contribution in [2.45, 2.75) is 13.5 Å². The number of hydrogen-bond donors (Lipinski definition) is 3. The van der Waals surface area contributed by atoms with Gasteiger partial charge in [0.25, 0.3) is 5.56 Å². The molecule has 0 aliphatic rings. The number of rotatable bonds is 5. The van der Waals surface area contributed by atoms with Crippen molar-refractivity contribution in [3.63, 3.8) is 0 Å². The van der Waals surface area contributed by atoms with Gasteiger partial charge in [0.15, 0.2) is 0 Å². The van der Waals surface area contributed by atoms with Crippen molar-refractivity contribution >= 4 is 22.5 Å². The van der Waals surface area contributed by atoms with E-state index in [1.807, 2.05) is 31.2 Å². The predicted octanol–water partition coefficient (Wildman–Crippen LogP) is 1.76. The summed E-state index contributed by atoms with van der Waals surface area (Å²) in [5.41, 5.74) is 0.553. The molecule has 0 unspecified atom stereocenters. The maximum Gasteiger partial charge on any atom is 0.272 e. The SMILES string of the molecule is CCNc1ccnc(NCc2n[nH]c(=O)c3ccccc23)n1. The minimum absolute atomic E-state index is 0.190. The van der Waals surface area contributed by atoms with Crippen LogP contribution in [0.1, 0.15) is 12.6 Å². The number of benzene rings is 1. The molecule has 2 aromatic heterocycles. The van der Waals surface area contributed by atoms with Crippen LogP contribution in [0.2, 0.25) is 0 Å². The second-order valence-electron chi connectivity index (χ2n) is 4.69. The second kappa shape index (κ2) is 6.21. The van der Waals surface area contributed by atoms with Gasteiger partial charge in [-0.15, -0.1) is 0 Å². The molecule has 112 valence electrons. The zero-order valence-electron chi connectivity index (χ0n) is 12.1. The van der Waals surface area contributed by atoms with Crippen LogP contribution in [0.5, 0.6) is 0 Å². The molecule has 0 amide bonds. The van der Waals surface area contributed by atoms with Crippen LogP contribution in [0.25, 0.3) is 10.8 Å². The molecule has 0 saturated heterocycles. The number of nitrogens with zero attached hydrogens (tertiary/aromatic N) is 3. The van der Waals surface area contributed by atoms with E-state index in [4.69, 9.17) is 0 Å². The maximum atomic E-state index is 11.8. The Labute approximate surface area is 126 Å². The molecule has 1 aromatic carbocycles. The van der Waals surface area contributed by atoms with E-state index in [0.29, 0.717) is 17.9 Å². The van der Waals surface area contributed by atoms with E-state index in [-0.39, 0.29) is 5.56 Å². The van der Waals surface area contributed by atoms with E-state index in [0.717, 1.165) is 23.4 Å². The molecule has 22 heavy (non-hydrogen) atoms. The van der Waals surface area contributed by atoms with Crippen molar-refractivity contribution in [3.05, 3.63) is 52.6 Å². The summed E-state index contributed by atoms with van der Waals surface area (Å²) in [5, 5.41) is 14.3. The Morgan fingerprint density at radius 2 is 1.95 bits per heavy atom. The smallest absolute Gasteiger partial charge is 0.272 e. The average molecular weight is 296 g/mol. The van der Waals surface area contributed by atoms with Crippen LogP contribution in [-0.4, -0.2) is 26.7 Å². The van der Waals surface area contributed by atoms with Gasteiger partial charge >= 0.3 is 0 Å². The molecule has 7 heteroatoms. The van der Waals surface area contributed by atoms with Gasteiger partial charge in [0.1, 0.15) is 5.82 Å². The van der Waals surface area contributed by atoms with Crippen molar-refractivity contribution in [2.24, 2.45) is 0 Å². The summed E-state index contributed by atoms with van der Waals surface area (Å²) in [5.74, 6) is 1.27. The highest BCUT2D eigenvalue weighted by Crippen LogP contribution is 2.13. The lowest BCUT2D eigenvalue weighted by atomic mass is 10.1. The van der Waals surface area contributed by atoms with Crippen LogP contribution in [0.4, 0.5) is 11.8 Å². The minimum Gasteiger partial charge on any atom is -0.370 e. The highest BCUT2D eigenvalue weighted by Gasteiger charge is 2.06. The Bertz CT molecular complexity index is 845. The molecule has 7 nitrogen and oxygen atoms in total. The standard InChI is InChI=1S/C15H16N6O/c1-2-16-13-7-8-17-15(19-13)18-9-12-10-5-3-4-6-11(10)14(22)21-20-12/h3-8H,2,9H2,1H3,(H,21,22)(H2,16,17,18,19). The lowest BCUT2D eigenvalue weighted by Gasteiger charge is -2.08. The molecule has 0 aliphatic carbocycles. The summed E-state index contributed by atoms with van der Waals surface area (Å²) in [7, 11) is 0. The maximum absolute atomic E-state index is 11.8. The predicted molar refractivity (Wildman–Crippen MR) is 85.9 cm³/mol. The van der Waals surface area contributed by atoms with Gasteiger partial charge in [-0.1, -0.05) is 18.2 Å². The quantitative estimate of drug-likeness (QED) is 0.664. The number of hydrogen-bond acceptors (Lipinski definition) is 6. The Morgan fingerprint density at radius 3 is 2.77 bits per heavy atom. The number of fused-ring (bicyclic) bond motifs is 1. The first-order chi connectivity index (χ1) is 10.8. The highest BCUT2D eigenvalue weighted by molar-refractivity contribution is 5.83. The first-order valence-corrected chi connectivity index (χ1v) is 7.05. The summed E-state index contributed by atoms with van der Waals surface area (Å²) < 4.78 is 0. The molecule has 2 heterocycles. The lowest BCUT2D eigenvalue weighted by Crippen LogP contribution is -2.14. The van der Waals surface area contributed by atoms with Gasteiger partial charge < -0.3 is 10.6 Å². The molecule has 0 saturated carbocycles. The molecule has 3 rings (SSSR count). The molecular weight excluding hydrogens is 280 g/mol. The van der Waals surface area contributed by atoms with Crippen LogP contribution in [0, 0.1) is 0 Å². The Hall–Kier alpha value is -2.96. The number of aromatic amines is 1. The van der Waals surface area contributed by atoms with Crippen LogP contribution >= 0.6 is 0 Å². The van der Waals surface area contributed by atoms with E-state index in [2.05, 4.69) is 30.8 Å². The summed E-state index contributed by atoms with van der Waals surface area (Å²) in [6.07, 6.45) is 1.69. The average Bonchev–Trinajstić information content (AvgIpc) is 2.55. The summed E-state index contributed by atoms with van der Waals surface area (Å²) in [4.78, 5) is 20.3. The summed E-state index contributed by atoms with van der Waals surface area (Å²) >= 11 is 0. The lowest BCUT2D eigenvalue weighted by molar-refractivity contribution is 0.913. The molecule has 0 spiro atoms. The first kappa shape index (κ1) is 14.0. The van der Waals surface area contributed by atoms with Crippen molar-refractivity contribution in [1.29, 1.82) is 0 Å². The third kappa shape index (κ3) is 2.88. The fourth-order valence-corrected chi connectivity index (χ4v) is 2.19. The van der Waals surface area contributed by atoms with E-state index in [9.17, 15) is 4.79 Å². The topological polar surface area (TPSA) is 95.6 Å². The third-order valence-electron chi connectivity index (χ3n) is 3.20. The Balaban J connectivity index is 1.84. The monoisotopic (exact) mass is 296 g/mol. The van der Waals surface area contributed by atoms with Gasteiger partial charge in [-0.2, -0.15) is 10.1 Å². The molecule has 0 radical (unpaired) electrons. The number of nitrogens with one attached hydrogen (secondary N) is 3. The van der Waals surface area contributed by atoms with Gasteiger partial charge in [0.05, 0.1) is 17.6 Å². The van der Waals surface area contributed by atoms with Crippen LogP contribution < -0.4 is 16.2 Å². The zero-order valence-corrected chi connectivity index (χ0v) is 12.1. The molecule has 3 aromatic rings. The molecular formula is C15H16N6O. The largest absolute Gasteiger partial charge is 0.370 e. The Kier molecular flexibility index (Phi) is 3.95. The van der Waals surface area contributed by atoms with Crippen LogP contribution in [0.3, 0.4) is 0 Å².